The van der Waals surface area contributed by atoms with Gasteiger partial charge in [-0.25, -0.2) is 0 Å². The Morgan fingerprint density at radius 3 is 2.55 bits per heavy atom. The molecule has 1 aliphatic carbocycles. The number of Topliss-reactive ketones (excluding diaryl/α,β-unsaturated/α-hetero) is 1. The monoisotopic (exact) mass is 451 g/mol. The normalized spacial score (nSPS) is 20.5. The van der Waals surface area contributed by atoms with Crippen molar-refractivity contribution in [3.05, 3.63) is 35.4 Å². The number of nitrogens with zero attached hydrogens (tertiary/aromatic N) is 2. The summed E-state index contributed by atoms with van der Waals surface area (Å²) in [6.45, 7) is 6.37. The molecule has 6 nitrogen and oxygen atoms in total. The van der Waals surface area contributed by atoms with E-state index >= 15 is 0 Å². The summed E-state index contributed by atoms with van der Waals surface area (Å²) in [6.07, 6.45) is 7.62. The summed E-state index contributed by atoms with van der Waals surface area (Å²) in [4.78, 5) is 40.3. The van der Waals surface area contributed by atoms with Crippen molar-refractivity contribution in [1.29, 1.82) is 5.26 Å². The zero-order valence-corrected chi connectivity index (χ0v) is 20.2. The summed E-state index contributed by atoms with van der Waals surface area (Å²) in [5.41, 5.74) is 0.535. The molecule has 1 aromatic carbocycles. The highest BCUT2D eigenvalue weighted by molar-refractivity contribution is 5.98. The lowest BCUT2D eigenvalue weighted by atomic mass is 9.81. The van der Waals surface area contributed by atoms with Gasteiger partial charge in [-0.3, -0.25) is 14.4 Å². The highest BCUT2D eigenvalue weighted by Gasteiger charge is 2.35. The fraction of sp³-hybridized carbons (Fsp3) is 0.630. The van der Waals surface area contributed by atoms with Crippen molar-refractivity contribution in [3.8, 4) is 6.07 Å². The number of carbonyl (C=O) groups excluding carboxylic acids is 3. The second kappa shape index (κ2) is 11.0. The van der Waals surface area contributed by atoms with Crippen LogP contribution in [0.15, 0.2) is 24.3 Å². The lowest BCUT2D eigenvalue weighted by Crippen LogP contribution is -2.46. The second-order valence-corrected chi connectivity index (χ2v) is 10.1. The van der Waals surface area contributed by atoms with Crippen LogP contribution in [0.2, 0.25) is 0 Å². The number of carbonyl (C=O) groups is 3. The van der Waals surface area contributed by atoms with Gasteiger partial charge in [0.25, 0.3) is 5.91 Å². The molecule has 0 spiro atoms. The molecule has 2 fully saturated rings. The molecule has 1 aromatic rings. The fourth-order valence-electron chi connectivity index (χ4n) is 5.18. The van der Waals surface area contributed by atoms with Crippen LogP contribution in [0.4, 0.5) is 0 Å². The number of hydrogen-bond donors (Lipinski definition) is 1. The van der Waals surface area contributed by atoms with Gasteiger partial charge in [0.1, 0.15) is 5.41 Å². The lowest BCUT2D eigenvalue weighted by molar-refractivity contribution is -0.138. The molecule has 1 N–H and O–H groups in total. The van der Waals surface area contributed by atoms with Crippen LogP contribution in [0.1, 0.15) is 94.0 Å². The van der Waals surface area contributed by atoms with E-state index in [9.17, 15) is 19.6 Å². The van der Waals surface area contributed by atoms with Crippen molar-refractivity contribution in [1.82, 2.24) is 10.2 Å². The van der Waals surface area contributed by atoms with E-state index in [-0.39, 0.29) is 29.4 Å². The average Bonchev–Trinajstić information content (AvgIpc) is 2.86. The lowest BCUT2D eigenvalue weighted by Gasteiger charge is -2.36. The number of piperidine rings is 1. The number of amides is 2. The van der Waals surface area contributed by atoms with Crippen LogP contribution in [-0.4, -0.2) is 41.6 Å². The van der Waals surface area contributed by atoms with Gasteiger partial charge >= 0.3 is 0 Å². The minimum Gasteiger partial charge on any atom is -0.342 e. The van der Waals surface area contributed by atoms with Crippen LogP contribution in [0.25, 0.3) is 0 Å². The Balaban J connectivity index is 1.73. The van der Waals surface area contributed by atoms with Gasteiger partial charge < -0.3 is 10.2 Å². The van der Waals surface area contributed by atoms with Gasteiger partial charge in [0.15, 0.2) is 5.78 Å². The van der Waals surface area contributed by atoms with E-state index in [1.165, 1.54) is 6.42 Å². The molecule has 0 aromatic heterocycles. The number of rotatable bonds is 7. The first-order chi connectivity index (χ1) is 15.8. The molecule has 1 saturated heterocycles. The molecule has 178 valence electrons. The van der Waals surface area contributed by atoms with E-state index in [1.54, 1.807) is 24.8 Å². The molecule has 2 amide bonds. The third kappa shape index (κ3) is 6.01. The third-order valence-electron chi connectivity index (χ3n) is 7.25. The van der Waals surface area contributed by atoms with Gasteiger partial charge in [0, 0.05) is 31.0 Å². The fourth-order valence-corrected chi connectivity index (χ4v) is 5.18. The Morgan fingerprint density at radius 1 is 1.15 bits per heavy atom. The van der Waals surface area contributed by atoms with E-state index in [4.69, 9.17) is 0 Å². The Labute approximate surface area is 197 Å². The van der Waals surface area contributed by atoms with Crippen LogP contribution in [0.3, 0.4) is 0 Å². The smallest absolute Gasteiger partial charge is 0.251 e. The average molecular weight is 452 g/mol. The second-order valence-electron chi connectivity index (χ2n) is 10.1. The molecule has 0 radical (unpaired) electrons. The van der Waals surface area contributed by atoms with Crippen molar-refractivity contribution in [2.24, 2.45) is 11.3 Å². The molecule has 1 saturated carbocycles. The molecule has 2 atom stereocenters. The maximum absolute atomic E-state index is 13.1. The molecule has 0 bridgehead atoms. The van der Waals surface area contributed by atoms with E-state index in [2.05, 4.69) is 11.4 Å². The van der Waals surface area contributed by atoms with E-state index in [0.717, 1.165) is 44.1 Å². The molecule has 1 heterocycles. The van der Waals surface area contributed by atoms with Gasteiger partial charge in [-0.2, -0.15) is 5.26 Å². The Morgan fingerprint density at radius 2 is 1.88 bits per heavy atom. The standard InChI is InChI=1S/C27H37N3O3/c1-4-23(31)24(19-10-6-5-7-11-19)29-25(32)21-13-8-12-20(16-21)22-14-9-15-30(17-22)26(33)27(2,3)18-28/h8,12-13,16,19,22,24H,4-7,9-11,14-15,17H2,1-3H3,(H,29,32)/t22?,24-/m1/s1. The van der Waals surface area contributed by atoms with Crippen molar-refractivity contribution in [2.45, 2.75) is 84.1 Å². The van der Waals surface area contributed by atoms with Gasteiger partial charge in [-0.15, -0.1) is 0 Å². The number of hydrogen-bond acceptors (Lipinski definition) is 4. The zero-order valence-electron chi connectivity index (χ0n) is 20.2. The van der Waals surface area contributed by atoms with Gasteiger partial charge in [0.05, 0.1) is 12.1 Å². The number of benzene rings is 1. The molecule has 1 aliphatic heterocycles. The number of nitriles is 1. The van der Waals surface area contributed by atoms with Crippen molar-refractivity contribution in [3.63, 3.8) is 0 Å². The van der Waals surface area contributed by atoms with Gasteiger partial charge in [0.2, 0.25) is 5.91 Å². The first-order valence-electron chi connectivity index (χ1n) is 12.4. The molecular weight excluding hydrogens is 414 g/mol. The summed E-state index contributed by atoms with van der Waals surface area (Å²) in [6, 6.07) is 9.26. The van der Waals surface area contributed by atoms with Crippen molar-refractivity contribution < 1.29 is 14.4 Å². The minimum atomic E-state index is -1.04. The highest BCUT2D eigenvalue weighted by Crippen LogP contribution is 2.31. The Hall–Kier alpha value is -2.68. The van der Waals surface area contributed by atoms with Gasteiger partial charge in [-0.05, 0) is 63.1 Å². The Bertz CT molecular complexity index is 911. The highest BCUT2D eigenvalue weighted by atomic mass is 16.2. The number of ketones is 1. The predicted octanol–water partition coefficient (Wildman–Crippen LogP) is 4.60. The maximum Gasteiger partial charge on any atom is 0.251 e. The summed E-state index contributed by atoms with van der Waals surface area (Å²) < 4.78 is 0. The molecule has 2 aliphatic rings. The quantitative estimate of drug-likeness (QED) is 0.656. The first-order valence-corrected chi connectivity index (χ1v) is 12.4. The molecule has 33 heavy (non-hydrogen) atoms. The zero-order chi connectivity index (χ0) is 24.0. The summed E-state index contributed by atoms with van der Waals surface area (Å²) in [5.74, 6) is 0.101. The van der Waals surface area contributed by atoms with Crippen molar-refractivity contribution >= 4 is 17.6 Å². The molecular formula is C27H37N3O3. The number of nitrogens with one attached hydrogen (secondary N) is 1. The summed E-state index contributed by atoms with van der Waals surface area (Å²) in [7, 11) is 0. The van der Waals surface area contributed by atoms with Crippen LogP contribution < -0.4 is 5.32 Å². The first kappa shape index (κ1) is 25.0. The predicted molar refractivity (Wildman–Crippen MR) is 128 cm³/mol. The van der Waals surface area contributed by atoms with Gasteiger partial charge in [-0.1, -0.05) is 38.3 Å². The van der Waals surface area contributed by atoms with E-state index in [0.29, 0.717) is 25.1 Å². The number of likely N-dealkylation sites (tertiary alicyclic amines) is 1. The van der Waals surface area contributed by atoms with Crippen LogP contribution in [-0.2, 0) is 9.59 Å². The van der Waals surface area contributed by atoms with Crippen LogP contribution >= 0.6 is 0 Å². The minimum absolute atomic E-state index is 0.105. The largest absolute Gasteiger partial charge is 0.342 e. The van der Waals surface area contributed by atoms with E-state index < -0.39 is 11.5 Å². The molecule has 6 heteroatoms. The molecule has 3 rings (SSSR count). The summed E-state index contributed by atoms with van der Waals surface area (Å²) >= 11 is 0. The Kier molecular flexibility index (Phi) is 8.29. The summed E-state index contributed by atoms with van der Waals surface area (Å²) in [5, 5.41) is 12.4. The third-order valence-corrected chi connectivity index (χ3v) is 7.25. The van der Waals surface area contributed by atoms with E-state index in [1.807, 2.05) is 25.1 Å². The topological polar surface area (TPSA) is 90.3 Å². The SMILES string of the molecule is CCC(=O)[C@H](NC(=O)c1cccc(C2CCCN(C(=O)C(C)(C)C#N)C2)c1)C1CCCCC1. The maximum atomic E-state index is 13.1. The van der Waals surface area contributed by atoms with Crippen LogP contribution in [0, 0.1) is 22.7 Å². The van der Waals surface area contributed by atoms with Crippen molar-refractivity contribution in [2.75, 3.05) is 13.1 Å². The molecule has 1 unspecified atom stereocenters. The van der Waals surface area contributed by atoms with Crippen LogP contribution in [0.5, 0.6) is 0 Å².